The highest BCUT2D eigenvalue weighted by Crippen LogP contribution is 2.15. The van der Waals surface area contributed by atoms with E-state index < -0.39 is 0 Å². The van der Waals surface area contributed by atoms with Crippen LogP contribution in [0.4, 0.5) is 0 Å². The van der Waals surface area contributed by atoms with E-state index in [1.807, 2.05) is 50.2 Å². The molecule has 23 heavy (non-hydrogen) atoms. The van der Waals surface area contributed by atoms with Crippen LogP contribution >= 0.6 is 0 Å². The average Bonchev–Trinajstić information content (AvgIpc) is 2.50. The SMILES string of the molecule is Cc1ccc(C2=NN(CC(=O)NCCN(C)C)C(=O)CC2)cc1. The summed E-state index contributed by atoms with van der Waals surface area (Å²) in [4.78, 5) is 25.9. The molecule has 1 aromatic carbocycles. The highest BCUT2D eigenvalue weighted by atomic mass is 16.2. The van der Waals surface area contributed by atoms with E-state index in [-0.39, 0.29) is 18.4 Å². The maximum atomic E-state index is 12.0. The van der Waals surface area contributed by atoms with Crippen molar-refractivity contribution in [2.24, 2.45) is 5.10 Å². The largest absolute Gasteiger partial charge is 0.353 e. The Bertz CT molecular complexity index is 593. The summed E-state index contributed by atoms with van der Waals surface area (Å²) < 4.78 is 0. The van der Waals surface area contributed by atoms with E-state index in [1.165, 1.54) is 10.6 Å². The minimum atomic E-state index is -0.186. The lowest BCUT2D eigenvalue weighted by atomic mass is 10.0. The molecule has 0 aliphatic carbocycles. The number of amides is 2. The summed E-state index contributed by atoms with van der Waals surface area (Å²) in [6.45, 7) is 3.32. The summed E-state index contributed by atoms with van der Waals surface area (Å²) in [6.07, 6.45) is 0.998. The molecule has 0 radical (unpaired) electrons. The number of benzene rings is 1. The number of likely N-dealkylation sites (N-methyl/N-ethyl adjacent to an activating group) is 1. The van der Waals surface area contributed by atoms with E-state index >= 15 is 0 Å². The van der Waals surface area contributed by atoms with Crippen molar-refractivity contribution in [2.45, 2.75) is 19.8 Å². The Balaban J connectivity index is 1.99. The van der Waals surface area contributed by atoms with E-state index in [2.05, 4.69) is 10.4 Å². The molecule has 1 aromatic rings. The fourth-order valence-electron chi connectivity index (χ4n) is 2.29. The molecule has 0 aromatic heterocycles. The van der Waals surface area contributed by atoms with Gasteiger partial charge in [0.25, 0.3) is 0 Å². The lowest BCUT2D eigenvalue weighted by Gasteiger charge is -2.23. The third-order valence-electron chi connectivity index (χ3n) is 3.66. The van der Waals surface area contributed by atoms with Crippen molar-refractivity contribution in [1.82, 2.24) is 15.2 Å². The number of hydrazone groups is 1. The van der Waals surface area contributed by atoms with Gasteiger partial charge in [0.1, 0.15) is 6.54 Å². The van der Waals surface area contributed by atoms with Crippen LogP contribution < -0.4 is 5.32 Å². The van der Waals surface area contributed by atoms with Gasteiger partial charge >= 0.3 is 0 Å². The van der Waals surface area contributed by atoms with Crippen LogP contribution in [0.15, 0.2) is 29.4 Å². The van der Waals surface area contributed by atoms with Gasteiger partial charge in [-0.2, -0.15) is 5.10 Å². The molecule has 0 saturated carbocycles. The third-order valence-corrected chi connectivity index (χ3v) is 3.66. The fraction of sp³-hybridized carbons (Fsp3) is 0.471. The van der Waals surface area contributed by atoms with Gasteiger partial charge in [0.15, 0.2) is 0 Å². The quantitative estimate of drug-likeness (QED) is 0.851. The number of hydrogen-bond acceptors (Lipinski definition) is 4. The van der Waals surface area contributed by atoms with E-state index in [1.54, 1.807) is 0 Å². The molecule has 0 spiro atoms. The topological polar surface area (TPSA) is 65.0 Å². The van der Waals surface area contributed by atoms with Gasteiger partial charge < -0.3 is 10.2 Å². The van der Waals surface area contributed by atoms with Crippen LogP contribution in [0.1, 0.15) is 24.0 Å². The van der Waals surface area contributed by atoms with Crippen LogP contribution in [-0.2, 0) is 9.59 Å². The molecule has 6 heteroatoms. The summed E-state index contributed by atoms with van der Waals surface area (Å²) in [5.41, 5.74) is 3.03. The van der Waals surface area contributed by atoms with Crippen molar-refractivity contribution in [2.75, 3.05) is 33.7 Å². The molecule has 0 atom stereocenters. The second-order valence-corrected chi connectivity index (χ2v) is 6.02. The molecule has 1 N–H and O–H groups in total. The lowest BCUT2D eigenvalue weighted by Crippen LogP contribution is -2.42. The van der Waals surface area contributed by atoms with Crippen molar-refractivity contribution in [3.63, 3.8) is 0 Å². The molecule has 0 bridgehead atoms. The third kappa shape index (κ3) is 5.17. The Kier molecular flexibility index (Phi) is 5.87. The zero-order chi connectivity index (χ0) is 16.8. The number of nitrogens with zero attached hydrogens (tertiary/aromatic N) is 3. The molecule has 1 heterocycles. The van der Waals surface area contributed by atoms with E-state index in [9.17, 15) is 9.59 Å². The van der Waals surface area contributed by atoms with Crippen molar-refractivity contribution in [3.8, 4) is 0 Å². The fourth-order valence-corrected chi connectivity index (χ4v) is 2.29. The molecule has 1 aliphatic rings. The molecule has 2 amide bonds. The van der Waals surface area contributed by atoms with Crippen molar-refractivity contribution >= 4 is 17.5 Å². The number of carbonyl (C=O) groups is 2. The average molecular weight is 316 g/mol. The summed E-state index contributed by atoms with van der Waals surface area (Å²) in [6, 6.07) is 8.04. The van der Waals surface area contributed by atoms with E-state index in [4.69, 9.17) is 0 Å². The maximum absolute atomic E-state index is 12.0. The second-order valence-electron chi connectivity index (χ2n) is 6.02. The van der Waals surface area contributed by atoms with Gasteiger partial charge in [-0.1, -0.05) is 29.8 Å². The Morgan fingerprint density at radius 1 is 1.26 bits per heavy atom. The highest BCUT2D eigenvalue weighted by molar-refractivity contribution is 6.04. The first-order valence-corrected chi connectivity index (χ1v) is 7.82. The minimum Gasteiger partial charge on any atom is -0.353 e. The first kappa shape index (κ1) is 17.1. The Hall–Kier alpha value is -2.21. The van der Waals surface area contributed by atoms with Gasteiger partial charge in [0, 0.05) is 25.9 Å². The first-order chi connectivity index (χ1) is 11.0. The van der Waals surface area contributed by atoms with Crippen molar-refractivity contribution < 1.29 is 9.59 Å². The van der Waals surface area contributed by atoms with Crippen LogP contribution in [-0.4, -0.2) is 61.2 Å². The summed E-state index contributed by atoms with van der Waals surface area (Å²) in [5, 5.41) is 8.46. The zero-order valence-electron chi connectivity index (χ0n) is 14.0. The second kappa shape index (κ2) is 7.87. The molecule has 0 unspecified atom stereocenters. The minimum absolute atomic E-state index is 0.0262. The van der Waals surface area contributed by atoms with Crippen LogP contribution in [0.3, 0.4) is 0 Å². The van der Waals surface area contributed by atoms with Gasteiger partial charge in [-0.3, -0.25) is 9.59 Å². The standard InChI is InChI=1S/C17H24N4O2/c1-13-4-6-14(7-5-13)15-8-9-17(23)21(19-15)12-16(22)18-10-11-20(2)3/h4-7H,8-12H2,1-3H3,(H,18,22). The molecule has 0 saturated heterocycles. The zero-order valence-corrected chi connectivity index (χ0v) is 14.0. The number of aryl methyl sites for hydroxylation is 1. The van der Waals surface area contributed by atoms with Crippen molar-refractivity contribution in [1.29, 1.82) is 0 Å². The first-order valence-electron chi connectivity index (χ1n) is 7.82. The van der Waals surface area contributed by atoms with Crippen molar-refractivity contribution in [3.05, 3.63) is 35.4 Å². The Morgan fingerprint density at radius 3 is 2.61 bits per heavy atom. The van der Waals surface area contributed by atoms with Gasteiger partial charge in [-0.05, 0) is 26.6 Å². The number of nitrogens with one attached hydrogen (secondary N) is 1. The van der Waals surface area contributed by atoms with Crippen LogP contribution in [0, 0.1) is 6.92 Å². The lowest BCUT2D eigenvalue weighted by molar-refractivity contribution is -0.136. The molecule has 1 aliphatic heterocycles. The normalized spacial score (nSPS) is 14.9. The molecule has 2 rings (SSSR count). The predicted molar refractivity (Wildman–Crippen MR) is 90.2 cm³/mol. The van der Waals surface area contributed by atoms with Gasteiger partial charge in [0.2, 0.25) is 11.8 Å². The molecular formula is C17H24N4O2. The summed E-state index contributed by atoms with van der Waals surface area (Å²) in [5.74, 6) is -0.294. The Labute approximate surface area is 137 Å². The predicted octanol–water partition coefficient (Wildman–Crippen LogP) is 0.999. The van der Waals surface area contributed by atoms with Crippen LogP contribution in [0.5, 0.6) is 0 Å². The molecule has 0 fully saturated rings. The molecule has 6 nitrogen and oxygen atoms in total. The number of hydrogen-bond donors (Lipinski definition) is 1. The smallest absolute Gasteiger partial charge is 0.243 e. The summed E-state index contributed by atoms with van der Waals surface area (Å²) in [7, 11) is 3.89. The van der Waals surface area contributed by atoms with Crippen LogP contribution in [0.25, 0.3) is 0 Å². The number of rotatable bonds is 6. The Morgan fingerprint density at radius 2 is 1.96 bits per heavy atom. The highest BCUT2D eigenvalue weighted by Gasteiger charge is 2.23. The van der Waals surface area contributed by atoms with Crippen LogP contribution in [0.2, 0.25) is 0 Å². The van der Waals surface area contributed by atoms with E-state index in [0.717, 1.165) is 17.8 Å². The summed E-state index contributed by atoms with van der Waals surface area (Å²) >= 11 is 0. The maximum Gasteiger partial charge on any atom is 0.243 e. The monoisotopic (exact) mass is 316 g/mol. The van der Waals surface area contributed by atoms with Gasteiger partial charge in [-0.15, -0.1) is 0 Å². The van der Waals surface area contributed by atoms with Gasteiger partial charge in [0.05, 0.1) is 5.71 Å². The molecular weight excluding hydrogens is 292 g/mol. The van der Waals surface area contributed by atoms with Gasteiger partial charge in [-0.25, -0.2) is 5.01 Å². The van der Waals surface area contributed by atoms with E-state index in [0.29, 0.717) is 19.4 Å². The number of carbonyl (C=O) groups excluding carboxylic acids is 2. The molecule has 124 valence electrons.